The van der Waals surface area contributed by atoms with E-state index in [1.165, 1.54) is 11.1 Å². The van der Waals surface area contributed by atoms with E-state index in [-0.39, 0.29) is 17.9 Å². The molecule has 2 heteroatoms. The third-order valence-corrected chi connectivity index (χ3v) is 3.68. The van der Waals surface area contributed by atoms with Crippen molar-refractivity contribution in [2.45, 2.75) is 19.0 Å². The molecule has 2 atom stereocenters. The third-order valence-electron chi connectivity index (χ3n) is 3.68. The summed E-state index contributed by atoms with van der Waals surface area (Å²) in [6, 6.07) is 21.1. The summed E-state index contributed by atoms with van der Waals surface area (Å²) in [4.78, 5) is 13.8. The number of carbonyl (C=O) groups excluding carboxylic acids is 1. The Bertz CT molecular complexity index is 525. The summed E-state index contributed by atoms with van der Waals surface area (Å²) >= 11 is 0. The van der Waals surface area contributed by atoms with Gasteiger partial charge in [0.25, 0.3) is 0 Å². The van der Waals surface area contributed by atoms with E-state index in [0.717, 1.165) is 6.54 Å². The Kier molecular flexibility index (Phi) is 3.18. The van der Waals surface area contributed by atoms with Crippen LogP contribution in [0.5, 0.6) is 0 Å². The number of hydrogen-bond acceptors (Lipinski definition) is 2. The fourth-order valence-corrected chi connectivity index (χ4v) is 2.65. The average Bonchev–Trinajstić information content (AvgIpc) is 3.22. The van der Waals surface area contributed by atoms with E-state index in [2.05, 4.69) is 53.4 Å². The fourth-order valence-electron chi connectivity index (χ4n) is 2.65. The highest BCUT2D eigenvalue weighted by Crippen LogP contribution is 2.37. The van der Waals surface area contributed by atoms with E-state index >= 15 is 0 Å². The monoisotopic (exact) mass is 251 g/mol. The summed E-state index contributed by atoms with van der Waals surface area (Å²) in [5.41, 5.74) is 2.50. The Balaban J connectivity index is 1.96. The molecule has 0 spiro atoms. The van der Waals surface area contributed by atoms with Crippen molar-refractivity contribution in [3.63, 3.8) is 0 Å². The smallest absolute Gasteiger partial charge is 0.148 e. The lowest BCUT2D eigenvalue weighted by atomic mass is 9.98. The van der Waals surface area contributed by atoms with Crippen molar-refractivity contribution in [2.24, 2.45) is 0 Å². The topological polar surface area (TPSA) is 20.1 Å². The molecule has 0 bridgehead atoms. The van der Waals surface area contributed by atoms with Crippen LogP contribution in [0.1, 0.15) is 24.1 Å². The van der Waals surface area contributed by atoms with Crippen LogP contribution in [0, 0.1) is 0 Å². The minimum atomic E-state index is 0.0883. The first-order valence-corrected chi connectivity index (χ1v) is 6.63. The molecule has 2 unspecified atom stereocenters. The Hall–Kier alpha value is -1.93. The van der Waals surface area contributed by atoms with Crippen LogP contribution in [0.4, 0.5) is 0 Å². The van der Waals surface area contributed by atoms with Crippen LogP contribution in [-0.2, 0) is 4.79 Å². The van der Waals surface area contributed by atoms with Gasteiger partial charge in [0.05, 0.1) is 12.1 Å². The molecule has 2 nitrogen and oxygen atoms in total. The van der Waals surface area contributed by atoms with Crippen molar-refractivity contribution in [2.75, 3.05) is 6.54 Å². The van der Waals surface area contributed by atoms with Gasteiger partial charge in [-0.2, -0.15) is 0 Å². The second-order valence-electron chi connectivity index (χ2n) is 5.05. The van der Waals surface area contributed by atoms with Crippen LogP contribution in [-0.4, -0.2) is 23.3 Å². The molecule has 0 saturated carbocycles. The molecule has 19 heavy (non-hydrogen) atoms. The first-order chi connectivity index (χ1) is 9.27. The molecular weight excluding hydrogens is 234 g/mol. The predicted molar refractivity (Wildman–Crippen MR) is 75.9 cm³/mol. The number of carbonyl (C=O) groups is 1. The Morgan fingerprint density at radius 1 is 1.00 bits per heavy atom. The van der Waals surface area contributed by atoms with Gasteiger partial charge in [-0.05, 0) is 18.1 Å². The highest BCUT2D eigenvalue weighted by Gasteiger charge is 2.43. The fraction of sp³-hybridized carbons (Fsp3) is 0.235. The molecule has 3 rings (SSSR count). The molecule has 1 fully saturated rings. The third kappa shape index (κ3) is 2.45. The van der Waals surface area contributed by atoms with Gasteiger partial charge in [0.2, 0.25) is 0 Å². The molecule has 1 saturated heterocycles. The number of Topliss-reactive ketones (excluding diaryl/α,β-unsaturated/α-hetero) is 1. The summed E-state index contributed by atoms with van der Waals surface area (Å²) in [6.45, 7) is 2.54. The van der Waals surface area contributed by atoms with E-state index < -0.39 is 0 Å². The van der Waals surface area contributed by atoms with Crippen molar-refractivity contribution in [1.82, 2.24) is 4.90 Å². The second-order valence-corrected chi connectivity index (χ2v) is 5.05. The summed E-state index contributed by atoms with van der Waals surface area (Å²) in [7, 11) is 0. The lowest BCUT2D eigenvalue weighted by Gasteiger charge is -2.20. The van der Waals surface area contributed by atoms with E-state index in [1.54, 1.807) is 6.92 Å². The molecule has 0 aliphatic carbocycles. The first kappa shape index (κ1) is 12.1. The van der Waals surface area contributed by atoms with Gasteiger partial charge in [-0.1, -0.05) is 60.7 Å². The van der Waals surface area contributed by atoms with Gasteiger partial charge in [-0.15, -0.1) is 0 Å². The van der Waals surface area contributed by atoms with Gasteiger partial charge < -0.3 is 0 Å². The first-order valence-electron chi connectivity index (χ1n) is 6.63. The molecule has 96 valence electrons. The van der Waals surface area contributed by atoms with E-state index in [1.807, 2.05) is 12.1 Å². The maximum Gasteiger partial charge on any atom is 0.148 e. The lowest BCUT2D eigenvalue weighted by Crippen LogP contribution is -2.17. The normalized spacial score (nSPS) is 21.4. The standard InChI is InChI=1S/C17H17NO/c1-13(19)16-12-18(16)17(14-8-4-2-5-9-14)15-10-6-3-7-11-15/h2-11,16-17H,12H2,1H3. The predicted octanol–water partition coefficient (Wildman–Crippen LogP) is 3.05. The maximum absolute atomic E-state index is 11.5. The quantitative estimate of drug-likeness (QED) is 0.778. The van der Waals surface area contributed by atoms with Crippen LogP contribution in [0.2, 0.25) is 0 Å². The van der Waals surface area contributed by atoms with Crippen molar-refractivity contribution in [1.29, 1.82) is 0 Å². The zero-order chi connectivity index (χ0) is 13.2. The summed E-state index contributed by atoms with van der Waals surface area (Å²) in [6.07, 6.45) is 0. The number of ketones is 1. The van der Waals surface area contributed by atoms with Crippen LogP contribution >= 0.6 is 0 Å². The summed E-state index contributed by atoms with van der Waals surface area (Å²) < 4.78 is 0. The summed E-state index contributed by atoms with van der Waals surface area (Å²) in [5, 5.41) is 0. The molecule has 1 aliphatic rings. The minimum Gasteiger partial charge on any atom is -0.298 e. The molecule has 0 radical (unpaired) electrons. The van der Waals surface area contributed by atoms with E-state index in [0.29, 0.717) is 0 Å². The van der Waals surface area contributed by atoms with Crippen LogP contribution in [0.3, 0.4) is 0 Å². The van der Waals surface area contributed by atoms with Crippen molar-refractivity contribution >= 4 is 5.78 Å². The van der Waals surface area contributed by atoms with Crippen LogP contribution in [0.25, 0.3) is 0 Å². The summed E-state index contributed by atoms with van der Waals surface area (Å²) in [5.74, 6) is 0.261. The Labute approximate surface area is 113 Å². The largest absolute Gasteiger partial charge is 0.298 e. The highest BCUT2D eigenvalue weighted by atomic mass is 16.1. The second kappa shape index (κ2) is 4.98. The molecule has 0 amide bonds. The molecule has 0 N–H and O–H groups in total. The van der Waals surface area contributed by atoms with E-state index in [9.17, 15) is 4.79 Å². The van der Waals surface area contributed by atoms with Gasteiger partial charge in [-0.3, -0.25) is 9.69 Å². The van der Waals surface area contributed by atoms with Crippen molar-refractivity contribution in [3.05, 3.63) is 71.8 Å². The van der Waals surface area contributed by atoms with Gasteiger partial charge in [-0.25, -0.2) is 0 Å². The zero-order valence-electron chi connectivity index (χ0n) is 11.0. The van der Waals surface area contributed by atoms with Crippen LogP contribution < -0.4 is 0 Å². The van der Waals surface area contributed by atoms with Crippen molar-refractivity contribution in [3.8, 4) is 0 Å². The number of rotatable bonds is 4. The highest BCUT2D eigenvalue weighted by molar-refractivity contribution is 5.84. The van der Waals surface area contributed by atoms with Crippen LogP contribution in [0.15, 0.2) is 60.7 Å². The molecule has 1 heterocycles. The Morgan fingerprint density at radius 3 is 1.84 bits per heavy atom. The zero-order valence-corrected chi connectivity index (χ0v) is 11.0. The van der Waals surface area contributed by atoms with E-state index in [4.69, 9.17) is 0 Å². The Morgan fingerprint density at radius 2 is 1.47 bits per heavy atom. The molecule has 2 aromatic carbocycles. The van der Waals surface area contributed by atoms with Gasteiger partial charge in [0.1, 0.15) is 5.78 Å². The molecule has 2 aromatic rings. The molecule has 0 aromatic heterocycles. The minimum absolute atomic E-state index is 0.0883. The number of benzene rings is 2. The number of nitrogens with zero attached hydrogens (tertiary/aromatic N) is 1. The molecular formula is C17H17NO. The maximum atomic E-state index is 11.5. The van der Waals surface area contributed by atoms with Gasteiger partial charge in [0, 0.05) is 6.54 Å². The van der Waals surface area contributed by atoms with Crippen molar-refractivity contribution < 1.29 is 4.79 Å². The van der Waals surface area contributed by atoms with Gasteiger partial charge in [0.15, 0.2) is 0 Å². The lowest BCUT2D eigenvalue weighted by molar-refractivity contribution is -0.117. The number of hydrogen-bond donors (Lipinski definition) is 0. The molecule has 1 aliphatic heterocycles. The average molecular weight is 251 g/mol. The van der Waals surface area contributed by atoms with Gasteiger partial charge >= 0.3 is 0 Å². The SMILES string of the molecule is CC(=O)C1CN1C(c1ccccc1)c1ccccc1.